The topological polar surface area (TPSA) is 66.8 Å². The molecule has 0 aliphatic carbocycles. The first kappa shape index (κ1) is 13.5. The van der Waals surface area contributed by atoms with Crippen LogP contribution in [-0.4, -0.2) is 50.2 Å². The van der Waals surface area contributed by atoms with Crippen LogP contribution in [0.25, 0.3) is 0 Å². The highest BCUT2D eigenvalue weighted by Gasteiger charge is 2.30. The van der Waals surface area contributed by atoms with Crippen molar-refractivity contribution in [3.63, 3.8) is 0 Å². The minimum atomic E-state index is -3.48. The number of rotatable bonds is 3. The van der Waals surface area contributed by atoms with Crippen molar-refractivity contribution in [2.45, 2.75) is 17.9 Å². The summed E-state index contributed by atoms with van der Waals surface area (Å²) in [6.07, 6.45) is -0.432. The first-order valence-corrected chi connectivity index (χ1v) is 7.27. The zero-order chi connectivity index (χ0) is 13.2. The second kappa shape index (κ2) is 5.36. The van der Waals surface area contributed by atoms with Gasteiger partial charge in [-0.3, -0.25) is 0 Å². The predicted octanol–water partition coefficient (Wildman–Crippen LogP) is 0.377. The summed E-state index contributed by atoms with van der Waals surface area (Å²) in [5, 5.41) is 9.03. The van der Waals surface area contributed by atoms with Crippen molar-refractivity contribution in [2.75, 3.05) is 26.3 Å². The molecular weight excluding hydrogens is 254 g/mol. The summed E-state index contributed by atoms with van der Waals surface area (Å²) in [4.78, 5) is 0.284. The molecule has 5 nitrogen and oxygen atoms in total. The maximum atomic E-state index is 12.3. The summed E-state index contributed by atoms with van der Waals surface area (Å²) in [5.74, 6) is 0. The van der Waals surface area contributed by atoms with Crippen molar-refractivity contribution >= 4 is 10.0 Å². The number of hydrogen-bond acceptors (Lipinski definition) is 4. The maximum absolute atomic E-state index is 12.3. The molecular formula is C12H17NO4S. The summed E-state index contributed by atoms with van der Waals surface area (Å²) >= 11 is 0. The number of aliphatic hydroxyl groups is 1. The van der Waals surface area contributed by atoms with Crippen LogP contribution in [-0.2, 0) is 14.8 Å². The maximum Gasteiger partial charge on any atom is 0.243 e. The quantitative estimate of drug-likeness (QED) is 0.863. The van der Waals surface area contributed by atoms with Gasteiger partial charge in [-0.1, -0.05) is 17.7 Å². The minimum absolute atomic E-state index is 0.167. The molecule has 6 heteroatoms. The number of aryl methyl sites for hydroxylation is 1. The molecule has 1 heterocycles. The lowest BCUT2D eigenvalue weighted by Gasteiger charge is -2.31. The van der Waals surface area contributed by atoms with E-state index in [1.54, 1.807) is 24.3 Å². The first-order valence-electron chi connectivity index (χ1n) is 5.83. The van der Waals surface area contributed by atoms with Gasteiger partial charge in [0.1, 0.15) is 0 Å². The SMILES string of the molecule is Cc1ccc(S(=O)(=O)N2CCOC(CO)C2)cc1. The molecule has 1 saturated heterocycles. The van der Waals surface area contributed by atoms with Crippen molar-refractivity contribution in [2.24, 2.45) is 0 Å². The average molecular weight is 271 g/mol. The number of nitrogens with zero attached hydrogens (tertiary/aromatic N) is 1. The van der Waals surface area contributed by atoms with Gasteiger partial charge in [0.05, 0.1) is 24.2 Å². The lowest BCUT2D eigenvalue weighted by Crippen LogP contribution is -2.46. The molecule has 0 amide bonds. The van der Waals surface area contributed by atoms with Gasteiger partial charge in [0.2, 0.25) is 10.0 Å². The van der Waals surface area contributed by atoms with Crippen LogP contribution < -0.4 is 0 Å². The van der Waals surface area contributed by atoms with E-state index in [-0.39, 0.29) is 18.0 Å². The lowest BCUT2D eigenvalue weighted by atomic mass is 10.2. The van der Waals surface area contributed by atoms with Crippen molar-refractivity contribution in [1.29, 1.82) is 0 Å². The van der Waals surface area contributed by atoms with Gasteiger partial charge < -0.3 is 9.84 Å². The molecule has 0 radical (unpaired) electrons. The van der Waals surface area contributed by atoms with Crippen LogP contribution in [0.5, 0.6) is 0 Å². The first-order chi connectivity index (χ1) is 8.54. The Kier molecular flexibility index (Phi) is 4.01. The Hall–Kier alpha value is -0.950. The third kappa shape index (κ3) is 2.72. The molecule has 2 rings (SSSR count). The molecule has 0 bridgehead atoms. The molecule has 100 valence electrons. The number of ether oxygens (including phenoxy) is 1. The van der Waals surface area contributed by atoms with Crippen molar-refractivity contribution in [1.82, 2.24) is 4.31 Å². The summed E-state index contributed by atoms with van der Waals surface area (Å²) in [5.41, 5.74) is 1.02. The van der Waals surface area contributed by atoms with Crippen molar-refractivity contribution in [3.8, 4) is 0 Å². The van der Waals surface area contributed by atoms with Gasteiger partial charge in [0.25, 0.3) is 0 Å². The molecule has 1 atom stereocenters. The zero-order valence-electron chi connectivity index (χ0n) is 10.2. The molecule has 1 fully saturated rings. The van der Waals surface area contributed by atoms with Crippen LogP contribution in [0.3, 0.4) is 0 Å². The summed E-state index contributed by atoms with van der Waals surface area (Å²) < 4.78 is 31.3. The number of hydrogen-bond donors (Lipinski definition) is 1. The van der Waals surface area contributed by atoms with Gasteiger partial charge in [-0.15, -0.1) is 0 Å². The number of benzene rings is 1. The molecule has 1 aromatic rings. The van der Waals surface area contributed by atoms with E-state index >= 15 is 0 Å². The molecule has 0 aromatic heterocycles. The minimum Gasteiger partial charge on any atom is -0.394 e. The predicted molar refractivity (Wildman–Crippen MR) is 66.8 cm³/mol. The highest BCUT2D eigenvalue weighted by atomic mass is 32.2. The van der Waals surface area contributed by atoms with E-state index in [1.807, 2.05) is 6.92 Å². The van der Waals surface area contributed by atoms with Crippen LogP contribution in [0.2, 0.25) is 0 Å². The van der Waals surface area contributed by atoms with E-state index in [4.69, 9.17) is 9.84 Å². The second-order valence-electron chi connectivity index (χ2n) is 4.35. The largest absolute Gasteiger partial charge is 0.394 e. The fourth-order valence-corrected chi connectivity index (χ4v) is 3.34. The van der Waals surface area contributed by atoms with Gasteiger partial charge in [0.15, 0.2) is 0 Å². The Bertz CT molecular complexity index is 497. The Labute approximate surface area is 107 Å². The third-order valence-electron chi connectivity index (χ3n) is 2.96. The Morgan fingerprint density at radius 3 is 2.67 bits per heavy atom. The van der Waals surface area contributed by atoms with E-state index in [9.17, 15) is 8.42 Å². The normalized spacial score (nSPS) is 22.0. The molecule has 1 aromatic carbocycles. The van der Waals surface area contributed by atoms with Gasteiger partial charge in [-0.25, -0.2) is 8.42 Å². The van der Waals surface area contributed by atoms with Gasteiger partial charge in [-0.2, -0.15) is 4.31 Å². The fourth-order valence-electron chi connectivity index (χ4n) is 1.88. The lowest BCUT2D eigenvalue weighted by molar-refractivity contribution is -0.0304. The summed E-state index contributed by atoms with van der Waals surface area (Å²) in [6, 6.07) is 6.76. The standard InChI is InChI=1S/C12H17NO4S/c1-10-2-4-12(5-3-10)18(15,16)13-6-7-17-11(8-13)9-14/h2-5,11,14H,6-9H2,1H3. The summed E-state index contributed by atoms with van der Waals surface area (Å²) in [7, 11) is -3.48. The molecule has 0 spiro atoms. The number of morpholine rings is 1. The molecule has 18 heavy (non-hydrogen) atoms. The molecule has 1 aliphatic rings. The fraction of sp³-hybridized carbons (Fsp3) is 0.500. The van der Waals surface area contributed by atoms with Crippen LogP contribution in [0, 0.1) is 6.92 Å². The van der Waals surface area contributed by atoms with E-state index in [2.05, 4.69) is 0 Å². The Balaban J connectivity index is 2.22. The number of aliphatic hydroxyl groups excluding tert-OH is 1. The second-order valence-corrected chi connectivity index (χ2v) is 6.29. The average Bonchev–Trinajstić information content (AvgIpc) is 2.39. The van der Waals surface area contributed by atoms with Crippen LogP contribution in [0.15, 0.2) is 29.2 Å². The Morgan fingerprint density at radius 2 is 2.06 bits per heavy atom. The van der Waals surface area contributed by atoms with E-state index in [1.165, 1.54) is 4.31 Å². The van der Waals surface area contributed by atoms with E-state index < -0.39 is 16.1 Å². The van der Waals surface area contributed by atoms with Crippen LogP contribution in [0.1, 0.15) is 5.56 Å². The van der Waals surface area contributed by atoms with Crippen LogP contribution >= 0.6 is 0 Å². The van der Waals surface area contributed by atoms with Crippen LogP contribution in [0.4, 0.5) is 0 Å². The zero-order valence-corrected chi connectivity index (χ0v) is 11.1. The molecule has 1 N–H and O–H groups in total. The molecule has 1 unspecified atom stereocenters. The molecule has 1 aliphatic heterocycles. The Morgan fingerprint density at radius 1 is 1.39 bits per heavy atom. The monoisotopic (exact) mass is 271 g/mol. The molecule has 0 saturated carbocycles. The van der Waals surface area contributed by atoms with Crippen molar-refractivity contribution in [3.05, 3.63) is 29.8 Å². The van der Waals surface area contributed by atoms with E-state index in [0.717, 1.165) is 5.56 Å². The highest BCUT2D eigenvalue weighted by molar-refractivity contribution is 7.89. The van der Waals surface area contributed by atoms with E-state index in [0.29, 0.717) is 13.2 Å². The summed E-state index contributed by atoms with van der Waals surface area (Å²) in [6.45, 7) is 2.59. The smallest absolute Gasteiger partial charge is 0.243 e. The van der Waals surface area contributed by atoms with Crippen molar-refractivity contribution < 1.29 is 18.3 Å². The third-order valence-corrected chi connectivity index (χ3v) is 4.84. The number of sulfonamides is 1. The highest BCUT2D eigenvalue weighted by Crippen LogP contribution is 2.19. The van der Waals surface area contributed by atoms with Gasteiger partial charge in [-0.05, 0) is 19.1 Å². The van der Waals surface area contributed by atoms with Gasteiger partial charge >= 0.3 is 0 Å². The van der Waals surface area contributed by atoms with Gasteiger partial charge in [0, 0.05) is 13.1 Å².